The zero-order valence-electron chi connectivity index (χ0n) is 24.0. The van der Waals surface area contributed by atoms with Crippen LogP contribution in [-0.4, -0.2) is 0 Å². The van der Waals surface area contributed by atoms with E-state index in [1.165, 1.54) is 6.42 Å². The minimum atomic E-state index is 0.0994. The first-order valence-electron chi connectivity index (χ1n) is 13.2. The van der Waals surface area contributed by atoms with Crippen molar-refractivity contribution in [3.05, 3.63) is 148 Å². The van der Waals surface area contributed by atoms with Gasteiger partial charge in [-0.25, -0.2) is 0 Å². The Balaban J connectivity index is 0.000000267. The summed E-state index contributed by atoms with van der Waals surface area (Å²) in [4.78, 5) is 0. The van der Waals surface area contributed by atoms with Gasteiger partial charge in [0.05, 0.1) is 0 Å². The van der Waals surface area contributed by atoms with Crippen LogP contribution in [0.1, 0.15) is 43.9 Å². The second-order valence-corrected chi connectivity index (χ2v) is 11.5. The SMILES string of the molecule is C=CCc1ccccc1[O-].C=CCc1ccccc1[O-].C=CCc1ccccc1[O-].CC(C)(C)C1=[C]([Zr+3])CC=C1. The zero-order chi connectivity index (χ0) is 30.0. The van der Waals surface area contributed by atoms with Gasteiger partial charge in [0.1, 0.15) is 0 Å². The van der Waals surface area contributed by atoms with Crippen LogP contribution < -0.4 is 15.3 Å². The average Bonchev–Trinajstić information content (AvgIpc) is 3.37. The molecule has 0 N–H and O–H groups in total. The summed E-state index contributed by atoms with van der Waals surface area (Å²) in [5.41, 5.74) is 4.38. The predicted octanol–water partition coefficient (Wildman–Crippen LogP) is 7.26. The van der Waals surface area contributed by atoms with Crippen molar-refractivity contribution in [1.29, 1.82) is 0 Å². The molecule has 0 saturated heterocycles. The third kappa shape index (κ3) is 13.1. The van der Waals surface area contributed by atoms with Crippen molar-refractivity contribution in [2.45, 2.75) is 46.5 Å². The molecule has 0 amide bonds. The Bertz CT molecular complexity index is 1160. The van der Waals surface area contributed by atoms with Gasteiger partial charge in [-0.3, -0.25) is 0 Å². The monoisotopic (exact) mass is 610 g/mol. The molecule has 0 heterocycles. The summed E-state index contributed by atoms with van der Waals surface area (Å²) in [6.07, 6.45) is 12.9. The van der Waals surface area contributed by atoms with E-state index in [0.717, 1.165) is 16.7 Å². The fourth-order valence-electron chi connectivity index (χ4n) is 3.69. The Morgan fingerprint density at radius 1 is 0.650 bits per heavy atom. The van der Waals surface area contributed by atoms with Crippen LogP contribution in [-0.2, 0) is 44.0 Å². The van der Waals surface area contributed by atoms with Gasteiger partial charge in [-0.2, -0.15) is 0 Å². The van der Waals surface area contributed by atoms with Crippen molar-refractivity contribution in [3.8, 4) is 17.2 Å². The van der Waals surface area contributed by atoms with Crippen molar-refractivity contribution in [2.24, 2.45) is 5.41 Å². The van der Waals surface area contributed by atoms with Gasteiger partial charge in [0, 0.05) is 0 Å². The van der Waals surface area contributed by atoms with Gasteiger partial charge in [-0.1, -0.05) is 108 Å². The molecule has 3 nitrogen and oxygen atoms in total. The van der Waals surface area contributed by atoms with E-state index in [2.05, 4.69) is 52.7 Å². The van der Waals surface area contributed by atoms with Crippen LogP contribution in [0.2, 0.25) is 0 Å². The van der Waals surface area contributed by atoms with E-state index in [9.17, 15) is 15.3 Å². The molecule has 1 aliphatic carbocycles. The van der Waals surface area contributed by atoms with E-state index in [1.807, 2.05) is 36.4 Å². The van der Waals surface area contributed by atoms with Gasteiger partial charge >= 0.3 is 78.3 Å². The summed E-state index contributed by atoms with van der Waals surface area (Å²) in [5.74, 6) is 0.298. The first-order chi connectivity index (χ1) is 19.0. The van der Waals surface area contributed by atoms with Crippen LogP contribution >= 0.6 is 0 Å². The molecule has 0 atom stereocenters. The van der Waals surface area contributed by atoms with E-state index < -0.39 is 0 Å². The van der Waals surface area contributed by atoms with Gasteiger partial charge in [0.25, 0.3) is 0 Å². The van der Waals surface area contributed by atoms with E-state index >= 15 is 0 Å². The summed E-state index contributed by atoms with van der Waals surface area (Å²) in [5, 5.41) is 32.9. The van der Waals surface area contributed by atoms with Crippen molar-refractivity contribution in [1.82, 2.24) is 0 Å². The van der Waals surface area contributed by atoms with Gasteiger partial charge in [-0.05, 0) is 19.3 Å². The number of hydrogen-bond acceptors (Lipinski definition) is 3. The molecule has 0 fully saturated rings. The number of rotatable bonds is 6. The first-order valence-corrected chi connectivity index (χ1v) is 14.5. The van der Waals surface area contributed by atoms with E-state index in [4.69, 9.17) is 0 Å². The summed E-state index contributed by atoms with van der Waals surface area (Å²) in [7, 11) is 0. The number of benzene rings is 3. The summed E-state index contributed by atoms with van der Waals surface area (Å²) < 4.78 is 1.62. The zero-order valence-corrected chi connectivity index (χ0v) is 26.4. The Hall–Kier alpha value is -3.36. The fraction of sp³-hybridized carbons (Fsp3) is 0.222. The van der Waals surface area contributed by atoms with Crippen LogP contribution in [0.25, 0.3) is 0 Å². The Morgan fingerprint density at radius 3 is 1.18 bits per heavy atom. The standard InChI is InChI=1S/3C9H10O.C9H13.Zr/c3*1-2-5-8-6-3-4-7-9(8)10;1-9(2,3)8-6-4-5-7-8;/h3*2-4,6-7,10H,1,5H2;4,6H,5H2,1-3H3;/q;;;;+3/p-3. The second-order valence-electron chi connectivity index (χ2n) is 10.1. The van der Waals surface area contributed by atoms with Gasteiger partial charge < -0.3 is 15.3 Å². The summed E-state index contributed by atoms with van der Waals surface area (Å²) in [6, 6.07) is 21.0. The van der Waals surface area contributed by atoms with Gasteiger partial charge in [0.2, 0.25) is 0 Å². The molecule has 1 aliphatic rings. The van der Waals surface area contributed by atoms with E-state index in [-0.39, 0.29) is 17.2 Å². The van der Waals surface area contributed by atoms with Crippen LogP contribution in [0.5, 0.6) is 17.2 Å². The van der Waals surface area contributed by atoms with E-state index in [1.54, 1.807) is 88.2 Å². The first kappa shape index (κ1) is 34.7. The molecular weight excluding hydrogens is 572 g/mol. The Morgan fingerprint density at radius 2 is 0.975 bits per heavy atom. The third-order valence-electron chi connectivity index (χ3n) is 5.75. The Kier molecular flexibility index (Phi) is 16.3. The maximum atomic E-state index is 11.0. The van der Waals surface area contributed by atoms with Crippen LogP contribution in [0, 0.1) is 5.41 Å². The number of allylic oxidation sites excluding steroid dienone is 7. The molecule has 0 radical (unpaired) electrons. The van der Waals surface area contributed by atoms with Crippen LogP contribution in [0.4, 0.5) is 0 Å². The molecule has 4 heteroatoms. The third-order valence-corrected chi connectivity index (χ3v) is 6.91. The average molecular weight is 612 g/mol. The van der Waals surface area contributed by atoms with Crippen molar-refractivity contribution >= 4 is 0 Å². The predicted molar refractivity (Wildman–Crippen MR) is 160 cm³/mol. The van der Waals surface area contributed by atoms with Crippen LogP contribution in [0.15, 0.2) is 132 Å². The molecule has 40 heavy (non-hydrogen) atoms. The Labute approximate surface area is 256 Å². The molecule has 0 saturated carbocycles. The van der Waals surface area contributed by atoms with Crippen molar-refractivity contribution < 1.29 is 40.0 Å². The molecule has 0 aliphatic heterocycles. The van der Waals surface area contributed by atoms with Crippen molar-refractivity contribution in [3.63, 3.8) is 0 Å². The molecule has 4 rings (SSSR count). The summed E-state index contributed by atoms with van der Waals surface area (Å²) in [6.45, 7) is 17.5. The fourth-order valence-corrected chi connectivity index (χ4v) is 5.11. The molecule has 0 spiro atoms. The molecular formula is C36H40O3Zr. The van der Waals surface area contributed by atoms with E-state index in [0.29, 0.717) is 24.7 Å². The molecule has 3 aromatic carbocycles. The number of hydrogen-bond donors (Lipinski definition) is 0. The second kappa shape index (κ2) is 18.8. The molecule has 0 bridgehead atoms. The number of para-hydroxylation sites is 3. The van der Waals surface area contributed by atoms with Gasteiger partial charge in [-0.15, -0.1) is 37.0 Å². The molecule has 0 unspecified atom stereocenters. The van der Waals surface area contributed by atoms with Gasteiger partial charge in [0.15, 0.2) is 0 Å². The quantitative estimate of drug-likeness (QED) is 0.276. The normalized spacial score (nSPS) is 11.6. The van der Waals surface area contributed by atoms with Crippen LogP contribution in [0.3, 0.4) is 0 Å². The summed E-state index contributed by atoms with van der Waals surface area (Å²) >= 11 is 1.58. The van der Waals surface area contributed by atoms with Crippen molar-refractivity contribution in [2.75, 3.05) is 0 Å². The molecule has 3 aromatic rings. The maximum absolute atomic E-state index is 11.0. The minimum absolute atomic E-state index is 0.0994. The topological polar surface area (TPSA) is 69.2 Å². The molecule has 0 aromatic heterocycles. The molecule has 206 valence electrons.